The number of aromatic hydroxyl groups is 1. The number of hydrogen-bond acceptors (Lipinski definition) is 5. The number of benzene rings is 2. The minimum atomic E-state index is -0.640. The van der Waals surface area contributed by atoms with E-state index in [9.17, 15) is 14.7 Å². The highest BCUT2D eigenvalue weighted by molar-refractivity contribution is 5.85. The SMILES string of the molecule is COc1ccc([C@H](CC(C)=O)c2c(O)c3ccccc3oc2=O)cc1. The molecule has 2 aromatic carbocycles. The average Bonchev–Trinajstić information content (AvgIpc) is 2.60. The molecule has 1 aromatic heterocycles. The molecular formula is C20H18O5. The third-order valence-electron chi connectivity index (χ3n) is 4.18. The zero-order chi connectivity index (χ0) is 18.0. The normalized spacial score (nSPS) is 12.1. The molecule has 0 aliphatic rings. The third kappa shape index (κ3) is 3.26. The number of Topliss-reactive ketones (excluding diaryl/α,β-unsaturated/α-hetero) is 1. The van der Waals surface area contributed by atoms with Crippen molar-refractivity contribution >= 4 is 16.8 Å². The Hall–Kier alpha value is -3.08. The number of ketones is 1. The van der Waals surface area contributed by atoms with Crippen molar-refractivity contribution in [3.05, 3.63) is 70.1 Å². The lowest BCUT2D eigenvalue weighted by Crippen LogP contribution is -2.16. The van der Waals surface area contributed by atoms with Gasteiger partial charge in [-0.3, -0.25) is 4.79 Å². The lowest BCUT2D eigenvalue weighted by atomic mass is 9.87. The third-order valence-corrected chi connectivity index (χ3v) is 4.18. The van der Waals surface area contributed by atoms with E-state index in [1.54, 1.807) is 55.6 Å². The summed E-state index contributed by atoms with van der Waals surface area (Å²) in [4.78, 5) is 24.3. The molecule has 0 unspecified atom stereocenters. The number of carbonyl (C=O) groups excluding carboxylic acids is 1. The summed E-state index contributed by atoms with van der Waals surface area (Å²) in [6.45, 7) is 1.45. The van der Waals surface area contributed by atoms with Crippen LogP contribution < -0.4 is 10.4 Å². The topological polar surface area (TPSA) is 76.7 Å². The predicted octanol–water partition coefficient (Wildman–Crippen LogP) is 3.62. The molecule has 3 aromatic rings. The summed E-state index contributed by atoms with van der Waals surface area (Å²) in [5.74, 6) is -0.161. The minimum Gasteiger partial charge on any atom is -0.507 e. The van der Waals surface area contributed by atoms with Crippen molar-refractivity contribution in [1.82, 2.24) is 0 Å². The Bertz CT molecular complexity index is 970. The Balaban J connectivity index is 2.20. The van der Waals surface area contributed by atoms with E-state index < -0.39 is 11.5 Å². The van der Waals surface area contributed by atoms with Gasteiger partial charge >= 0.3 is 5.63 Å². The first-order valence-corrected chi connectivity index (χ1v) is 7.89. The van der Waals surface area contributed by atoms with E-state index in [1.807, 2.05) is 0 Å². The van der Waals surface area contributed by atoms with E-state index >= 15 is 0 Å². The van der Waals surface area contributed by atoms with Crippen LogP contribution in [0.25, 0.3) is 11.0 Å². The molecule has 0 aliphatic carbocycles. The summed E-state index contributed by atoms with van der Waals surface area (Å²) in [7, 11) is 1.56. The molecule has 1 N–H and O–H groups in total. The quantitative estimate of drug-likeness (QED) is 0.719. The average molecular weight is 338 g/mol. The molecule has 0 bridgehead atoms. The fraction of sp³-hybridized carbons (Fsp3) is 0.200. The van der Waals surface area contributed by atoms with Crippen molar-refractivity contribution in [3.8, 4) is 11.5 Å². The maximum Gasteiger partial charge on any atom is 0.343 e. The van der Waals surface area contributed by atoms with E-state index in [1.165, 1.54) is 6.92 Å². The molecular weight excluding hydrogens is 320 g/mol. The van der Waals surface area contributed by atoms with Gasteiger partial charge in [0.15, 0.2) is 0 Å². The highest BCUT2D eigenvalue weighted by atomic mass is 16.5. The smallest absolute Gasteiger partial charge is 0.343 e. The molecule has 5 nitrogen and oxygen atoms in total. The summed E-state index contributed by atoms with van der Waals surface area (Å²) in [6.07, 6.45) is 0.0863. The molecule has 0 amide bonds. The lowest BCUT2D eigenvalue weighted by Gasteiger charge is -2.17. The van der Waals surface area contributed by atoms with Crippen LogP contribution in [0.1, 0.15) is 30.4 Å². The highest BCUT2D eigenvalue weighted by Gasteiger charge is 2.25. The van der Waals surface area contributed by atoms with Crippen LogP contribution in [-0.4, -0.2) is 18.0 Å². The first kappa shape index (κ1) is 16.8. The van der Waals surface area contributed by atoms with Crippen molar-refractivity contribution in [2.24, 2.45) is 0 Å². The van der Waals surface area contributed by atoms with Crippen molar-refractivity contribution in [1.29, 1.82) is 0 Å². The van der Waals surface area contributed by atoms with Crippen LogP contribution in [0.5, 0.6) is 11.5 Å². The van der Waals surface area contributed by atoms with Gasteiger partial charge in [-0.15, -0.1) is 0 Å². The molecule has 0 radical (unpaired) electrons. The summed E-state index contributed by atoms with van der Waals surface area (Å²) in [6, 6.07) is 13.8. The van der Waals surface area contributed by atoms with Gasteiger partial charge in [0.25, 0.3) is 0 Å². The molecule has 0 saturated heterocycles. The molecule has 128 valence electrons. The Kier molecular flexibility index (Phi) is 4.57. The number of methoxy groups -OCH3 is 1. The number of para-hydroxylation sites is 1. The fourth-order valence-corrected chi connectivity index (χ4v) is 2.97. The second-order valence-electron chi connectivity index (χ2n) is 5.88. The first-order chi connectivity index (χ1) is 12.0. The second-order valence-corrected chi connectivity index (χ2v) is 5.88. The number of carbonyl (C=O) groups is 1. The molecule has 0 aliphatic heterocycles. The van der Waals surface area contributed by atoms with E-state index in [-0.39, 0.29) is 23.5 Å². The van der Waals surface area contributed by atoms with Gasteiger partial charge in [0.2, 0.25) is 0 Å². The van der Waals surface area contributed by atoms with Crippen LogP contribution >= 0.6 is 0 Å². The van der Waals surface area contributed by atoms with Gasteiger partial charge in [0.1, 0.15) is 22.9 Å². The molecule has 1 atom stereocenters. The van der Waals surface area contributed by atoms with Gasteiger partial charge in [-0.1, -0.05) is 24.3 Å². The predicted molar refractivity (Wildman–Crippen MR) is 94.3 cm³/mol. The van der Waals surface area contributed by atoms with Crippen molar-refractivity contribution in [3.63, 3.8) is 0 Å². The first-order valence-electron chi connectivity index (χ1n) is 7.89. The molecule has 1 heterocycles. The van der Waals surface area contributed by atoms with Crippen LogP contribution in [-0.2, 0) is 4.79 Å². The Labute approximate surface area is 144 Å². The van der Waals surface area contributed by atoms with Gasteiger partial charge in [-0.2, -0.15) is 0 Å². The Morgan fingerprint density at radius 3 is 2.48 bits per heavy atom. The van der Waals surface area contributed by atoms with Crippen LogP contribution in [0.15, 0.2) is 57.7 Å². The molecule has 25 heavy (non-hydrogen) atoms. The van der Waals surface area contributed by atoms with Gasteiger partial charge in [0.05, 0.1) is 18.1 Å². The molecule has 0 fully saturated rings. The van der Waals surface area contributed by atoms with Gasteiger partial charge < -0.3 is 14.3 Å². The van der Waals surface area contributed by atoms with E-state index in [0.717, 1.165) is 5.56 Å². The van der Waals surface area contributed by atoms with E-state index in [0.29, 0.717) is 16.7 Å². The van der Waals surface area contributed by atoms with E-state index in [4.69, 9.17) is 9.15 Å². The molecule has 3 rings (SSSR count). The standard InChI is InChI=1S/C20H18O5/c1-12(21)11-16(13-7-9-14(24-2)10-8-13)18-19(22)15-5-3-4-6-17(15)25-20(18)23/h3-10,16,22H,11H2,1-2H3/t16-/m0/s1. The zero-order valence-electron chi connectivity index (χ0n) is 14.0. The largest absolute Gasteiger partial charge is 0.507 e. The van der Waals surface area contributed by atoms with Crippen molar-refractivity contribution in [2.45, 2.75) is 19.3 Å². The Morgan fingerprint density at radius 1 is 1.16 bits per heavy atom. The maximum absolute atomic E-state index is 12.5. The maximum atomic E-state index is 12.5. The van der Waals surface area contributed by atoms with Gasteiger partial charge in [0, 0.05) is 12.3 Å². The van der Waals surface area contributed by atoms with Gasteiger partial charge in [-0.25, -0.2) is 4.79 Å². The number of hydrogen-bond donors (Lipinski definition) is 1. The van der Waals surface area contributed by atoms with Crippen LogP contribution in [0.3, 0.4) is 0 Å². The molecule has 0 spiro atoms. The van der Waals surface area contributed by atoms with E-state index in [2.05, 4.69) is 0 Å². The number of ether oxygens (including phenoxy) is 1. The van der Waals surface area contributed by atoms with Gasteiger partial charge in [-0.05, 0) is 36.8 Å². The number of rotatable bonds is 5. The monoisotopic (exact) mass is 338 g/mol. The van der Waals surface area contributed by atoms with Crippen LogP contribution in [0.4, 0.5) is 0 Å². The van der Waals surface area contributed by atoms with Crippen LogP contribution in [0.2, 0.25) is 0 Å². The molecule has 5 heteroatoms. The second kappa shape index (κ2) is 6.81. The number of fused-ring (bicyclic) bond motifs is 1. The van der Waals surface area contributed by atoms with Crippen molar-refractivity contribution < 1.29 is 19.1 Å². The summed E-state index contributed by atoms with van der Waals surface area (Å²) >= 11 is 0. The fourth-order valence-electron chi connectivity index (χ4n) is 2.97. The lowest BCUT2D eigenvalue weighted by molar-refractivity contribution is -0.117. The van der Waals surface area contributed by atoms with Crippen molar-refractivity contribution in [2.75, 3.05) is 7.11 Å². The summed E-state index contributed by atoms with van der Waals surface area (Å²) in [5, 5.41) is 11.1. The highest BCUT2D eigenvalue weighted by Crippen LogP contribution is 2.36. The Morgan fingerprint density at radius 2 is 1.84 bits per heavy atom. The minimum absolute atomic E-state index is 0.0863. The summed E-state index contributed by atoms with van der Waals surface area (Å²) in [5.41, 5.74) is 0.497. The zero-order valence-corrected chi connectivity index (χ0v) is 14.0. The van der Waals surface area contributed by atoms with Crippen LogP contribution in [0, 0.1) is 0 Å². The molecule has 0 saturated carbocycles. The summed E-state index contributed by atoms with van der Waals surface area (Å²) < 4.78 is 10.5.